The minimum atomic E-state index is -0.445. The first-order valence-corrected chi connectivity index (χ1v) is 8.67. The van der Waals surface area contributed by atoms with Gasteiger partial charge in [-0.2, -0.15) is 0 Å². The van der Waals surface area contributed by atoms with Crippen molar-refractivity contribution in [2.75, 3.05) is 18.4 Å². The number of aliphatic hydroxyl groups excluding tert-OH is 1. The summed E-state index contributed by atoms with van der Waals surface area (Å²) >= 11 is 1.59. The number of carbonyl (C=O) groups excluding carboxylic acids is 1. The molecule has 1 fully saturated rings. The molecule has 2 unspecified atom stereocenters. The predicted molar refractivity (Wildman–Crippen MR) is 92.7 cm³/mol. The molecular formula is C17H21N3O2S. The molecule has 1 aromatic carbocycles. The van der Waals surface area contributed by atoms with Crippen LogP contribution in [0.4, 0.5) is 10.5 Å². The summed E-state index contributed by atoms with van der Waals surface area (Å²) in [4.78, 5) is 18.5. The summed E-state index contributed by atoms with van der Waals surface area (Å²) in [6.07, 6.45) is 0.381. The zero-order chi connectivity index (χ0) is 16.4. The molecule has 5 nitrogen and oxygen atoms in total. The molecule has 0 aliphatic carbocycles. The fraction of sp³-hybridized carbons (Fsp3) is 0.412. The summed E-state index contributed by atoms with van der Waals surface area (Å²) in [7, 11) is 0. The van der Waals surface area contributed by atoms with Crippen molar-refractivity contribution in [3.8, 4) is 10.6 Å². The van der Waals surface area contributed by atoms with Gasteiger partial charge < -0.3 is 15.3 Å². The van der Waals surface area contributed by atoms with Crippen LogP contribution < -0.4 is 5.32 Å². The minimum absolute atomic E-state index is 0.164. The molecule has 23 heavy (non-hydrogen) atoms. The van der Waals surface area contributed by atoms with Crippen molar-refractivity contribution >= 4 is 23.1 Å². The number of anilines is 1. The zero-order valence-electron chi connectivity index (χ0n) is 13.3. The van der Waals surface area contributed by atoms with E-state index in [0.717, 1.165) is 28.4 Å². The number of thiazole rings is 1. The minimum Gasteiger partial charge on any atom is -0.391 e. The maximum atomic E-state index is 12.4. The van der Waals surface area contributed by atoms with Crippen LogP contribution in [0.15, 0.2) is 29.6 Å². The summed E-state index contributed by atoms with van der Waals surface area (Å²) in [6.45, 7) is 5.04. The Morgan fingerprint density at radius 2 is 2.30 bits per heavy atom. The van der Waals surface area contributed by atoms with Crippen molar-refractivity contribution in [3.05, 3.63) is 35.3 Å². The number of amides is 2. The van der Waals surface area contributed by atoms with Gasteiger partial charge in [0.05, 0.1) is 6.10 Å². The fourth-order valence-corrected chi connectivity index (χ4v) is 3.45. The molecule has 2 N–H and O–H groups in total. The molecule has 0 spiro atoms. The van der Waals surface area contributed by atoms with Gasteiger partial charge in [-0.25, -0.2) is 9.78 Å². The summed E-state index contributed by atoms with van der Waals surface area (Å²) in [5.41, 5.74) is 2.73. The molecule has 0 radical (unpaired) electrons. The highest BCUT2D eigenvalue weighted by Crippen LogP contribution is 2.26. The molecule has 1 aromatic heterocycles. The first-order chi connectivity index (χ1) is 11.0. The van der Waals surface area contributed by atoms with Gasteiger partial charge in [-0.05, 0) is 31.4 Å². The molecule has 6 heteroatoms. The smallest absolute Gasteiger partial charge is 0.321 e. The number of aliphatic hydroxyl groups is 1. The SMILES string of the molecule is Cc1csc(-c2cccc(NC(=O)N3CCC(C)C(O)C3)c2)n1. The van der Waals surface area contributed by atoms with E-state index in [1.807, 2.05) is 43.5 Å². The third-order valence-electron chi connectivity index (χ3n) is 4.19. The average Bonchev–Trinajstić information content (AvgIpc) is 2.97. The van der Waals surface area contributed by atoms with Crippen molar-refractivity contribution in [1.29, 1.82) is 0 Å². The van der Waals surface area contributed by atoms with Crippen LogP contribution in [0.2, 0.25) is 0 Å². The lowest BCUT2D eigenvalue weighted by atomic mass is 9.96. The van der Waals surface area contributed by atoms with E-state index in [1.165, 1.54) is 0 Å². The van der Waals surface area contributed by atoms with Gasteiger partial charge in [0, 0.05) is 35.4 Å². The van der Waals surface area contributed by atoms with Gasteiger partial charge in [0.1, 0.15) is 5.01 Å². The van der Waals surface area contributed by atoms with Crippen molar-refractivity contribution in [2.24, 2.45) is 5.92 Å². The number of aryl methyl sites for hydroxylation is 1. The maximum Gasteiger partial charge on any atom is 0.321 e. The molecular weight excluding hydrogens is 310 g/mol. The van der Waals surface area contributed by atoms with E-state index in [-0.39, 0.29) is 11.9 Å². The Kier molecular flexibility index (Phi) is 4.63. The first kappa shape index (κ1) is 16.0. The van der Waals surface area contributed by atoms with E-state index in [9.17, 15) is 9.90 Å². The number of carbonyl (C=O) groups is 1. The molecule has 1 aliphatic heterocycles. The number of β-amino-alcohol motifs (C(OH)–C–C–N with tert-alkyl or cyclic N) is 1. The number of hydrogen-bond acceptors (Lipinski definition) is 4. The number of likely N-dealkylation sites (tertiary alicyclic amines) is 1. The lowest BCUT2D eigenvalue weighted by Gasteiger charge is -2.34. The Morgan fingerprint density at radius 1 is 1.48 bits per heavy atom. The van der Waals surface area contributed by atoms with E-state index in [2.05, 4.69) is 10.3 Å². The highest BCUT2D eigenvalue weighted by molar-refractivity contribution is 7.13. The molecule has 2 heterocycles. The number of hydrogen-bond donors (Lipinski definition) is 2. The van der Waals surface area contributed by atoms with Gasteiger partial charge >= 0.3 is 6.03 Å². The monoisotopic (exact) mass is 331 g/mol. The number of aromatic nitrogens is 1. The van der Waals surface area contributed by atoms with Crippen LogP contribution in [0.5, 0.6) is 0 Å². The number of nitrogens with one attached hydrogen (secondary N) is 1. The molecule has 2 aromatic rings. The van der Waals surface area contributed by atoms with Gasteiger partial charge in [-0.1, -0.05) is 19.1 Å². The third-order valence-corrected chi connectivity index (χ3v) is 5.19. The predicted octanol–water partition coefficient (Wildman–Crippen LogP) is 3.35. The summed E-state index contributed by atoms with van der Waals surface area (Å²) in [5, 5.41) is 15.8. The van der Waals surface area contributed by atoms with Crippen LogP contribution in [0.25, 0.3) is 10.6 Å². The fourth-order valence-electron chi connectivity index (χ4n) is 2.65. The lowest BCUT2D eigenvalue weighted by molar-refractivity contribution is 0.0464. The number of rotatable bonds is 2. The molecule has 1 aliphatic rings. The van der Waals surface area contributed by atoms with Crippen molar-refractivity contribution < 1.29 is 9.90 Å². The number of nitrogens with zero attached hydrogens (tertiary/aromatic N) is 2. The van der Waals surface area contributed by atoms with Crippen molar-refractivity contribution in [1.82, 2.24) is 9.88 Å². The Hall–Kier alpha value is -1.92. The van der Waals surface area contributed by atoms with Crippen LogP contribution in [-0.4, -0.2) is 40.2 Å². The Bertz CT molecular complexity index is 701. The molecule has 1 saturated heterocycles. The number of piperidine rings is 1. The quantitative estimate of drug-likeness (QED) is 0.887. The van der Waals surface area contributed by atoms with E-state index < -0.39 is 6.10 Å². The molecule has 2 atom stereocenters. The molecule has 0 bridgehead atoms. The Balaban J connectivity index is 1.69. The molecule has 2 amide bonds. The molecule has 3 rings (SSSR count). The number of urea groups is 1. The Labute approximate surface area is 140 Å². The average molecular weight is 331 g/mol. The first-order valence-electron chi connectivity index (χ1n) is 7.79. The number of benzene rings is 1. The molecule has 0 saturated carbocycles. The summed E-state index contributed by atoms with van der Waals surface area (Å²) < 4.78 is 0. The normalized spacial score (nSPS) is 21.3. The van der Waals surface area contributed by atoms with Crippen LogP contribution in [0.3, 0.4) is 0 Å². The highest BCUT2D eigenvalue weighted by Gasteiger charge is 2.27. The van der Waals surface area contributed by atoms with Gasteiger partial charge in [-0.15, -0.1) is 11.3 Å². The van der Waals surface area contributed by atoms with Crippen molar-refractivity contribution in [2.45, 2.75) is 26.4 Å². The van der Waals surface area contributed by atoms with E-state index in [1.54, 1.807) is 16.2 Å². The van der Waals surface area contributed by atoms with E-state index >= 15 is 0 Å². The maximum absolute atomic E-state index is 12.4. The Morgan fingerprint density at radius 3 is 3.00 bits per heavy atom. The van der Waals surface area contributed by atoms with Gasteiger partial charge in [-0.3, -0.25) is 0 Å². The largest absolute Gasteiger partial charge is 0.391 e. The van der Waals surface area contributed by atoms with Gasteiger partial charge in [0.25, 0.3) is 0 Å². The highest BCUT2D eigenvalue weighted by atomic mass is 32.1. The second-order valence-corrected chi connectivity index (χ2v) is 6.94. The standard InChI is InChI=1S/C17H21N3O2S/c1-11-6-7-20(9-15(11)21)17(22)19-14-5-3-4-13(8-14)16-18-12(2)10-23-16/h3-5,8,10-11,15,21H,6-7,9H2,1-2H3,(H,19,22). The van der Waals surface area contributed by atoms with Crippen LogP contribution in [-0.2, 0) is 0 Å². The third kappa shape index (κ3) is 3.71. The van der Waals surface area contributed by atoms with Crippen LogP contribution in [0.1, 0.15) is 19.0 Å². The lowest BCUT2D eigenvalue weighted by Crippen LogP contribution is -2.47. The zero-order valence-corrected chi connectivity index (χ0v) is 14.1. The second kappa shape index (κ2) is 6.68. The summed E-state index contributed by atoms with van der Waals surface area (Å²) in [5.74, 6) is 0.246. The second-order valence-electron chi connectivity index (χ2n) is 6.08. The van der Waals surface area contributed by atoms with E-state index in [0.29, 0.717) is 13.1 Å². The van der Waals surface area contributed by atoms with Crippen LogP contribution >= 0.6 is 11.3 Å². The van der Waals surface area contributed by atoms with Gasteiger partial charge in [0.15, 0.2) is 0 Å². The summed E-state index contributed by atoms with van der Waals surface area (Å²) in [6, 6.07) is 7.53. The van der Waals surface area contributed by atoms with Crippen LogP contribution in [0, 0.1) is 12.8 Å². The molecule has 122 valence electrons. The van der Waals surface area contributed by atoms with Gasteiger partial charge in [0.2, 0.25) is 0 Å². The topological polar surface area (TPSA) is 65.5 Å². The van der Waals surface area contributed by atoms with Crippen molar-refractivity contribution in [3.63, 3.8) is 0 Å². The van der Waals surface area contributed by atoms with E-state index in [4.69, 9.17) is 0 Å².